The van der Waals surface area contributed by atoms with Gasteiger partial charge in [-0.15, -0.1) is 0 Å². The molecular weight excluding hydrogens is 160 g/mol. The lowest BCUT2D eigenvalue weighted by molar-refractivity contribution is 0.644. The van der Waals surface area contributed by atoms with Crippen LogP contribution in [0.3, 0.4) is 0 Å². The van der Waals surface area contributed by atoms with Gasteiger partial charge in [-0.25, -0.2) is 0 Å². The number of rotatable bonds is 4. The van der Waals surface area contributed by atoms with Crippen molar-refractivity contribution in [3.8, 4) is 0 Å². The molecule has 0 unspecified atom stereocenters. The normalized spacial score (nSPS) is 13.7. The quantitative estimate of drug-likeness (QED) is 0.502. The largest absolute Gasteiger partial charge is 0.329 e. The van der Waals surface area contributed by atoms with Gasteiger partial charge in [-0.2, -0.15) is 0 Å². The van der Waals surface area contributed by atoms with E-state index in [0.29, 0.717) is 13.1 Å². The first kappa shape index (κ1) is 10.9. The molecule has 0 aromatic heterocycles. The Hall–Kier alpha value is -0.0600. The van der Waals surface area contributed by atoms with Crippen LogP contribution in [0.15, 0.2) is 4.99 Å². The van der Waals surface area contributed by atoms with E-state index in [4.69, 9.17) is 10.3 Å². The van der Waals surface area contributed by atoms with Crippen LogP contribution in [0.2, 0.25) is 0 Å². The van der Waals surface area contributed by atoms with E-state index in [0.717, 1.165) is 17.8 Å². The molecule has 0 aliphatic heterocycles. The van der Waals surface area contributed by atoms with Gasteiger partial charge in [0.25, 0.3) is 0 Å². The fraction of sp³-hybridized carbons (Fsp3) is 0.857. The minimum atomic E-state index is -0.283. The molecule has 0 heterocycles. The predicted molar refractivity (Wildman–Crippen MR) is 51.3 cm³/mol. The minimum absolute atomic E-state index is 0.283. The van der Waals surface area contributed by atoms with E-state index in [9.17, 15) is 0 Å². The molecule has 0 radical (unpaired) electrons. The molecule has 0 aromatic rings. The summed E-state index contributed by atoms with van der Waals surface area (Å²) in [6, 6.07) is 0. The zero-order valence-corrected chi connectivity index (χ0v) is 8.11. The van der Waals surface area contributed by atoms with Gasteiger partial charge < -0.3 is 10.3 Å². The molecule has 0 aliphatic rings. The van der Waals surface area contributed by atoms with Crippen molar-refractivity contribution in [2.75, 3.05) is 13.1 Å². The van der Waals surface area contributed by atoms with Crippen LogP contribution in [0.5, 0.6) is 0 Å². The third-order valence-electron chi connectivity index (χ3n) is 1.58. The first-order valence-electron chi connectivity index (χ1n) is 3.58. The van der Waals surface area contributed by atoms with Crippen molar-refractivity contribution in [1.29, 1.82) is 0 Å². The van der Waals surface area contributed by atoms with E-state index in [1.54, 1.807) is 0 Å². The summed E-state index contributed by atoms with van der Waals surface area (Å²) in [4.78, 5) is 4.20. The van der Waals surface area contributed by atoms with Gasteiger partial charge in [0.05, 0.1) is 11.3 Å². The molecule has 0 bridgehead atoms. The second kappa shape index (κ2) is 4.74. The Morgan fingerprint density at radius 1 is 1.64 bits per heavy atom. The highest BCUT2D eigenvalue weighted by atomic mass is 32.2. The van der Waals surface area contributed by atoms with Crippen molar-refractivity contribution in [1.82, 2.24) is 0 Å². The van der Waals surface area contributed by atoms with Crippen LogP contribution in [0.1, 0.15) is 20.8 Å². The number of hydrogen-bond acceptors (Lipinski definition) is 4. The van der Waals surface area contributed by atoms with Gasteiger partial charge in [0.1, 0.15) is 0 Å². The Morgan fingerprint density at radius 3 is 2.55 bits per heavy atom. The lowest BCUT2D eigenvalue weighted by Gasteiger charge is -2.19. The summed E-state index contributed by atoms with van der Waals surface area (Å²) < 4.78 is 8.59. The van der Waals surface area contributed by atoms with Gasteiger partial charge in [0, 0.05) is 12.3 Å². The SMILES string of the molecule is CC(=NCCN)C(C)(C)SO. The summed E-state index contributed by atoms with van der Waals surface area (Å²) in [6.45, 7) is 6.94. The summed E-state index contributed by atoms with van der Waals surface area (Å²) in [7, 11) is 0. The number of hydrogen-bond donors (Lipinski definition) is 2. The van der Waals surface area contributed by atoms with Gasteiger partial charge in [0.15, 0.2) is 0 Å². The van der Waals surface area contributed by atoms with Gasteiger partial charge in [0.2, 0.25) is 0 Å². The van der Waals surface area contributed by atoms with E-state index < -0.39 is 0 Å². The standard InChI is InChI=1S/C7H16N2OS/c1-6(9-5-4-8)7(2,3)11-10/h10H,4-5,8H2,1-3H3. The van der Waals surface area contributed by atoms with Crippen molar-refractivity contribution < 1.29 is 4.55 Å². The second-order valence-corrected chi connectivity index (χ2v) is 4.06. The summed E-state index contributed by atoms with van der Waals surface area (Å²) >= 11 is 0.814. The Kier molecular flexibility index (Phi) is 4.72. The minimum Gasteiger partial charge on any atom is -0.329 e. The maximum atomic E-state index is 8.87. The molecule has 0 fully saturated rings. The van der Waals surface area contributed by atoms with Crippen molar-refractivity contribution >= 4 is 17.8 Å². The van der Waals surface area contributed by atoms with Crippen LogP contribution >= 0.6 is 12.0 Å². The monoisotopic (exact) mass is 176 g/mol. The van der Waals surface area contributed by atoms with E-state index in [2.05, 4.69) is 4.99 Å². The Balaban J connectivity index is 4.09. The molecule has 11 heavy (non-hydrogen) atoms. The van der Waals surface area contributed by atoms with Crippen LogP contribution in [-0.2, 0) is 0 Å². The third-order valence-corrected chi connectivity index (χ3v) is 2.33. The van der Waals surface area contributed by atoms with Crippen LogP contribution in [0.4, 0.5) is 0 Å². The highest BCUT2D eigenvalue weighted by Gasteiger charge is 2.21. The average molecular weight is 176 g/mol. The lowest BCUT2D eigenvalue weighted by Crippen LogP contribution is -2.25. The van der Waals surface area contributed by atoms with Crippen molar-refractivity contribution in [3.05, 3.63) is 0 Å². The molecule has 0 saturated heterocycles. The molecule has 3 nitrogen and oxygen atoms in total. The van der Waals surface area contributed by atoms with Crippen LogP contribution < -0.4 is 5.73 Å². The number of nitrogens with zero attached hydrogens (tertiary/aromatic N) is 1. The van der Waals surface area contributed by atoms with E-state index in [-0.39, 0.29) is 4.75 Å². The van der Waals surface area contributed by atoms with Crippen molar-refractivity contribution in [3.63, 3.8) is 0 Å². The highest BCUT2D eigenvalue weighted by molar-refractivity contribution is 7.95. The topological polar surface area (TPSA) is 58.6 Å². The molecule has 0 atom stereocenters. The maximum absolute atomic E-state index is 8.87. The molecule has 0 amide bonds. The molecule has 3 N–H and O–H groups in total. The lowest BCUT2D eigenvalue weighted by atomic mass is 10.1. The summed E-state index contributed by atoms with van der Waals surface area (Å²) in [5.41, 5.74) is 6.21. The zero-order valence-electron chi connectivity index (χ0n) is 7.29. The van der Waals surface area contributed by atoms with Gasteiger partial charge in [-0.1, -0.05) is 0 Å². The molecule has 66 valence electrons. The highest BCUT2D eigenvalue weighted by Crippen LogP contribution is 2.22. The summed E-state index contributed by atoms with van der Waals surface area (Å²) in [6.07, 6.45) is 0. The first-order chi connectivity index (χ1) is 5.04. The van der Waals surface area contributed by atoms with Crippen molar-refractivity contribution in [2.24, 2.45) is 10.7 Å². The third kappa shape index (κ3) is 3.74. The molecular formula is C7H16N2OS. The second-order valence-electron chi connectivity index (χ2n) is 2.86. The van der Waals surface area contributed by atoms with Gasteiger partial charge in [-0.05, 0) is 32.8 Å². The van der Waals surface area contributed by atoms with E-state index in [1.807, 2.05) is 20.8 Å². The van der Waals surface area contributed by atoms with Crippen molar-refractivity contribution in [2.45, 2.75) is 25.5 Å². The Bertz CT molecular complexity index is 145. The summed E-state index contributed by atoms with van der Waals surface area (Å²) in [5, 5.41) is 0. The first-order valence-corrected chi connectivity index (χ1v) is 4.36. The fourth-order valence-corrected chi connectivity index (χ4v) is 0.685. The van der Waals surface area contributed by atoms with E-state index in [1.165, 1.54) is 0 Å². The predicted octanol–water partition coefficient (Wildman–Crippen LogP) is 1.39. The van der Waals surface area contributed by atoms with Gasteiger partial charge >= 0.3 is 0 Å². The van der Waals surface area contributed by atoms with Crippen LogP contribution in [0.25, 0.3) is 0 Å². The molecule has 0 aliphatic carbocycles. The van der Waals surface area contributed by atoms with Crippen LogP contribution in [0, 0.1) is 0 Å². The van der Waals surface area contributed by atoms with Gasteiger partial charge in [-0.3, -0.25) is 4.99 Å². The molecule has 0 rings (SSSR count). The number of nitrogens with two attached hydrogens (primary N) is 1. The molecule has 0 spiro atoms. The van der Waals surface area contributed by atoms with E-state index >= 15 is 0 Å². The maximum Gasteiger partial charge on any atom is 0.0737 e. The average Bonchev–Trinajstić information content (AvgIpc) is 2.00. The molecule has 0 aromatic carbocycles. The number of aliphatic imine (C=N–C) groups is 1. The fourth-order valence-electron chi connectivity index (χ4n) is 0.489. The van der Waals surface area contributed by atoms with Crippen LogP contribution in [-0.4, -0.2) is 28.1 Å². The Labute approximate surface area is 72.3 Å². The molecule has 4 heteroatoms. The Morgan fingerprint density at radius 2 is 2.18 bits per heavy atom. The summed E-state index contributed by atoms with van der Waals surface area (Å²) in [5.74, 6) is 0. The zero-order chi connectivity index (χ0) is 8.91. The molecule has 0 saturated carbocycles. The smallest absolute Gasteiger partial charge is 0.0737 e.